The van der Waals surface area contributed by atoms with Crippen molar-refractivity contribution in [2.24, 2.45) is 0 Å². The highest BCUT2D eigenvalue weighted by molar-refractivity contribution is 7.92. The van der Waals surface area contributed by atoms with Gasteiger partial charge in [-0.25, -0.2) is 8.42 Å². The first kappa shape index (κ1) is 22.3. The molecule has 0 atom stereocenters. The maximum absolute atomic E-state index is 12.7. The monoisotopic (exact) mass is 431 g/mol. The van der Waals surface area contributed by atoms with E-state index in [1.807, 2.05) is 19.1 Å². The van der Waals surface area contributed by atoms with Gasteiger partial charge in [-0.15, -0.1) is 0 Å². The Labute approximate surface area is 178 Å². The standard InChI is InChI=1S/C22H29N3O4S/c1-17-7-8-20(14-21(17)24(2)30(3,27)28)22(26)23-15-18-5-4-6-19(13-18)16-25-9-11-29-12-10-25/h4-8,13-14H,9-12,15-16H2,1-3H3,(H,23,26). The largest absolute Gasteiger partial charge is 0.379 e. The summed E-state index contributed by atoms with van der Waals surface area (Å²) in [6.45, 7) is 6.48. The molecule has 1 aliphatic rings. The SMILES string of the molecule is Cc1ccc(C(=O)NCc2cccc(CN3CCOCC3)c2)cc1N(C)S(C)(=O)=O. The number of amides is 1. The van der Waals surface area contributed by atoms with Crippen molar-refractivity contribution in [3.8, 4) is 0 Å². The first-order chi connectivity index (χ1) is 14.2. The molecular formula is C22H29N3O4S. The van der Waals surface area contributed by atoms with Gasteiger partial charge in [-0.3, -0.25) is 14.0 Å². The zero-order chi connectivity index (χ0) is 21.7. The van der Waals surface area contributed by atoms with Gasteiger partial charge in [0.1, 0.15) is 0 Å². The van der Waals surface area contributed by atoms with E-state index in [9.17, 15) is 13.2 Å². The van der Waals surface area contributed by atoms with E-state index in [1.165, 1.54) is 16.9 Å². The molecule has 3 rings (SSSR count). The second kappa shape index (κ2) is 9.59. The average molecular weight is 432 g/mol. The highest BCUT2D eigenvalue weighted by Gasteiger charge is 2.17. The summed E-state index contributed by atoms with van der Waals surface area (Å²) in [5, 5.41) is 2.93. The Morgan fingerprint density at radius 3 is 2.53 bits per heavy atom. The Hall–Kier alpha value is -2.42. The third-order valence-electron chi connectivity index (χ3n) is 5.26. The molecule has 0 saturated carbocycles. The average Bonchev–Trinajstić information content (AvgIpc) is 2.72. The molecule has 30 heavy (non-hydrogen) atoms. The topological polar surface area (TPSA) is 79.0 Å². The van der Waals surface area contributed by atoms with E-state index in [-0.39, 0.29) is 5.91 Å². The number of aryl methyl sites for hydroxylation is 1. The van der Waals surface area contributed by atoms with Crippen LogP contribution in [0.5, 0.6) is 0 Å². The zero-order valence-corrected chi connectivity index (χ0v) is 18.5. The number of anilines is 1. The molecular weight excluding hydrogens is 402 g/mol. The fourth-order valence-electron chi connectivity index (χ4n) is 3.41. The molecule has 2 aromatic carbocycles. The van der Waals surface area contributed by atoms with Crippen molar-refractivity contribution >= 4 is 21.6 Å². The Morgan fingerprint density at radius 1 is 1.13 bits per heavy atom. The highest BCUT2D eigenvalue weighted by Crippen LogP contribution is 2.22. The molecule has 0 radical (unpaired) electrons. The third-order valence-corrected chi connectivity index (χ3v) is 6.45. The van der Waals surface area contributed by atoms with Crippen LogP contribution in [0.1, 0.15) is 27.0 Å². The van der Waals surface area contributed by atoms with Crippen molar-refractivity contribution in [3.63, 3.8) is 0 Å². The van der Waals surface area contributed by atoms with E-state index in [2.05, 4.69) is 22.3 Å². The number of carbonyl (C=O) groups is 1. The molecule has 1 aliphatic heterocycles. The number of ether oxygens (including phenoxy) is 1. The smallest absolute Gasteiger partial charge is 0.251 e. The predicted molar refractivity (Wildman–Crippen MR) is 118 cm³/mol. The van der Waals surface area contributed by atoms with E-state index in [0.717, 1.165) is 50.2 Å². The second-order valence-electron chi connectivity index (χ2n) is 7.62. The van der Waals surface area contributed by atoms with Crippen LogP contribution in [0.3, 0.4) is 0 Å². The highest BCUT2D eigenvalue weighted by atomic mass is 32.2. The molecule has 0 spiro atoms. The molecule has 8 heteroatoms. The molecule has 0 bridgehead atoms. The first-order valence-corrected chi connectivity index (χ1v) is 11.8. The molecule has 2 aromatic rings. The summed E-state index contributed by atoms with van der Waals surface area (Å²) >= 11 is 0. The van der Waals surface area contributed by atoms with Crippen molar-refractivity contribution in [2.45, 2.75) is 20.0 Å². The van der Waals surface area contributed by atoms with Crippen LogP contribution in [0.15, 0.2) is 42.5 Å². The zero-order valence-electron chi connectivity index (χ0n) is 17.7. The van der Waals surface area contributed by atoms with Crippen LogP contribution in [0.4, 0.5) is 5.69 Å². The van der Waals surface area contributed by atoms with E-state index in [4.69, 9.17) is 4.74 Å². The Morgan fingerprint density at radius 2 is 1.83 bits per heavy atom. The van der Waals surface area contributed by atoms with Crippen molar-refractivity contribution in [1.29, 1.82) is 0 Å². The van der Waals surface area contributed by atoms with Crippen LogP contribution in [0.25, 0.3) is 0 Å². The number of hydrogen-bond acceptors (Lipinski definition) is 5. The van der Waals surface area contributed by atoms with Gasteiger partial charge < -0.3 is 10.1 Å². The van der Waals surface area contributed by atoms with Crippen molar-refractivity contribution in [3.05, 3.63) is 64.7 Å². The van der Waals surface area contributed by atoms with Gasteiger partial charge in [-0.2, -0.15) is 0 Å². The lowest BCUT2D eigenvalue weighted by molar-refractivity contribution is 0.0342. The van der Waals surface area contributed by atoms with Gasteiger partial charge in [0.2, 0.25) is 10.0 Å². The summed E-state index contributed by atoms with van der Waals surface area (Å²) in [6.07, 6.45) is 1.14. The Bertz CT molecular complexity index is 1000. The predicted octanol–water partition coefficient (Wildman–Crippen LogP) is 2.15. The van der Waals surface area contributed by atoms with Gasteiger partial charge in [0, 0.05) is 38.8 Å². The summed E-state index contributed by atoms with van der Waals surface area (Å²) in [6, 6.07) is 13.3. The van der Waals surface area contributed by atoms with Crippen molar-refractivity contribution in [2.75, 3.05) is 43.9 Å². The van der Waals surface area contributed by atoms with E-state index >= 15 is 0 Å². The van der Waals surface area contributed by atoms with Crippen LogP contribution < -0.4 is 9.62 Å². The summed E-state index contributed by atoms with van der Waals surface area (Å²) < 4.78 is 30.3. The first-order valence-electron chi connectivity index (χ1n) is 9.95. The van der Waals surface area contributed by atoms with Crippen LogP contribution in [0, 0.1) is 6.92 Å². The third kappa shape index (κ3) is 5.81. The van der Waals surface area contributed by atoms with E-state index in [1.54, 1.807) is 18.2 Å². The van der Waals surface area contributed by atoms with Gasteiger partial charge >= 0.3 is 0 Å². The maximum Gasteiger partial charge on any atom is 0.251 e. The number of hydrogen-bond donors (Lipinski definition) is 1. The molecule has 0 unspecified atom stereocenters. The number of rotatable bonds is 7. The van der Waals surface area contributed by atoms with E-state index in [0.29, 0.717) is 17.8 Å². The summed E-state index contributed by atoms with van der Waals surface area (Å²) in [7, 11) is -1.92. The molecule has 1 amide bonds. The summed E-state index contributed by atoms with van der Waals surface area (Å²) in [4.78, 5) is 15.0. The second-order valence-corrected chi connectivity index (χ2v) is 9.64. The number of nitrogens with one attached hydrogen (secondary N) is 1. The van der Waals surface area contributed by atoms with Crippen LogP contribution >= 0.6 is 0 Å². The molecule has 1 heterocycles. The number of sulfonamides is 1. The van der Waals surface area contributed by atoms with E-state index < -0.39 is 10.0 Å². The van der Waals surface area contributed by atoms with Crippen molar-refractivity contribution in [1.82, 2.24) is 10.2 Å². The lowest BCUT2D eigenvalue weighted by atomic mass is 10.1. The lowest BCUT2D eigenvalue weighted by Gasteiger charge is -2.26. The molecule has 1 saturated heterocycles. The minimum atomic E-state index is -3.40. The maximum atomic E-state index is 12.7. The van der Waals surface area contributed by atoms with Crippen LogP contribution in [0.2, 0.25) is 0 Å². The number of nitrogens with zero attached hydrogens (tertiary/aromatic N) is 2. The van der Waals surface area contributed by atoms with Crippen LogP contribution in [-0.2, 0) is 27.8 Å². The molecule has 1 N–H and O–H groups in total. The molecule has 0 aromatic heterocycles. The minimum Gasteiger partial charge on any atom is -0.379 e. The Balaban J connectivity index is 1.65. The van der Waals surface area contributed by atoms with Crippen molar-refractivity contribution < 1.29 is 17.9 Å². The fourth-order valence-corrected chi connectivity index (χ4v) is 3.96. The molecule has 0 aliphatic carbocycles. The minimum absolute atomic E-state index is 0.239. The van der Waals surface area contributed by atoms with Crippen LogP contribution in [-0.4, -0.2) is 58.8 Å². The molecule has 162 valence electrons. The fraction of sp³-hybridized carbons (Fsp3) is 0.409. The Kier molecular flexibility index (Phi) is 7.12. The van der Waals surface area contributed by atoms with Gasteiger partial charge in [0.15, 0.2) is 0 Å². The van der Waals surface area contributed by atoms with Gasteiger partial charge in [-0.05, 0) is 35.7 Å². The normalized spacial score (nSPS) is 15.0. The van der Waals surface area contributed by atoms with Gasteiger partial charge in [0.25, 0.3) is 5.91 Å². The van der Waals surface area contributed by atoms with Gasteiger partial charge in [-0.1, -0.05) is 30.3 Å². The summed E-state index contributed by atoms with van der Waals surface area (Å²) in [5.74, 6) is -0.239. The lowest BCUT2D eigenvalue weighted by Crippen LogP contribution is -2.35. The quantitative estimate of drug-likeness (QED) is 0.727. The molecule has 7 nitrogen and oxygen atoms in total. The number of carbonyl (C=O) groups excluding carboxylic acids is 1. The molecule has 1 fully saturated rings. The number of morpholine rings is 1. The summed E-state index contributed by atoms with van der Waals surface area (Å²) in [5.41, 5.74) is 3.94. The van der Waals surface area contributed by atoms with Gasteiger partial charge in [0.05, 0.1) is 25.2 Å². The number of benzene rings is 2.